The van der Waals surface area contributed by atoms with Crippen LogP contribution >= 0.6 is 0 Å². The van der Waals surface area contributed by atoms with Crippen molar-refractivity contribution in [2.45, 2.75) is 51.2 Å². The molecule has 0 aliphatic carbocycles. The standard InChI is InChI=1S/C26H33N5O4/c1-3-31-14-13-21(19-7-5-4-6-8-19)15-22(31)25(33)29-17(2)24(32)28-16-18-9-11-20(12-10-18)23(27)30-26(34)35/h4-12,17,21-22H,3,13-16H2,1-2H3,(H2,27,30)(H,28,32)(H,29,33)(H,34,35)/t17?,21-,22+/m0/s1. The highest BCUT2D eigenvalue weighted by atomic mass is 16.4. The summed E-state index contributed by atoms with van der Waals surface area (Å²) in [6, 6.07) is 15.9. The molecule has 2 aromatic rings. The van der Waals surface area contributed by atoms with Crippen LogP contribution in [0.1, 0.15) is 49.3 Å². The number of benzene rings is 2. The lowest BCUT2D eigenvalue weighted by atomic mass is 9.85. The molecule has 0 bridgehead atoms. The number of hydrogen-bond acceptors (Lipinski definition) is 5. The van der Waals surface area contributed by atoms with Gasteiger partial charge in [0.1, 0.15) is 11.9 Å². The summed E-state index contributed by atoms with van der Waals surface area (Å²) < 4.78 is 0. The molecule has 1 heterocycles. The SMILES string of the molecule is CCN1CC[C@H](c2ccccc2)C[C@@H]1C(=O)NC(C)C(=O)NCc1ccc(C(=N)NC(=O)O)cc1. The van der Waals surface area contributed by atoms with Crippen molar-refractivity contribution >= 4 is 23.7 Å². The van der Waals surface area contributed by atoms with E-state index in [0.717, 1.165) is 31.5 Å². The molecular weight excluding hydrogens is 446 g/mol. The van der Waals surface area contributed by atoms with Crippen molar-refractivity contribution in [3.05, 3.63) is 71.3 Å². The Kier molecular flexibility index (Phi) is 8.97. The van der Waals surface area contributed by atoms with Gasteiger partial charge in [0, 0.05) is 12.1 Å². The number of rotatable bonds is 8. The summed E-state index contributed by atoms with van der Waals surface area (Å²) in [6.45, 7) is 5.58. The highest BCUT2D eigenvalue weighted by molar-refractivity contribution is 6.04. The van der Waals surface area contributed by atoms with Gasteiger partial charge in [-0.2, -0.15) is 0 Å². The first kappa shape index (κ1) is 25.9. The maximum atomic E-state index is 13.1. The lowest BCUT2D eigenvalue weighted by molar-refractivity contribution is -0.132. The summed E-state index contributed by atoms with van der Waals surface area (Å²) in [4.78, 5) is 38.5. The molecule has 1 saturated heterocycles. The molecule has 1 aliphatic rings. The summed E-state index contributed by atoms with van der Waals surface area (Å²) in [7, 11) is 0. The van der Waals surface area contributed by atoms with Crippen LogP contribution in [0.2, 0.25) is 0 Å². The summed E-state index contributed by atoms with van der Waals surface area (Å²) in [6.07, 6.45) is 0.423. The predicted octanol–water partition coefficient (Wildman–Crippen LogP) is 2.67. The number of carbonyl (C=O) groups excluding carboxylic acids is 2. The van der Waals surface area contributed by atoms with Crippen LogP contribution in [-0.4, -0.2) is 58.9 Å². The Hall–Kier alpha value is -3.72. The first-order valence-electron chi connectivity index (χ1n) is 11.8. The average molecular weight is 480 g/mol. The van der Waals surface area contributed by atoms with Crippen LogP contribution in [0.5, 0.6) is 0 Å². The van der Waals surface area contributed by atoms with E-state index < -0.39 is 12.1 Å². The number of carbonyl (C=O) groups is 3. The third kappa shape index (κ3) is 7.13. The zero-order valence-corrected chi connectivity index (χ0v) is 20.1. The maximum Gasteiger partial charge on any atom is 0.410 e. The molecule has 5 N–H and O–H groups in total. The lowest BCUT2D eigenvalue weighted by Gasteiger charge is -2.38. The van der Waals surface area contributed by atoms with Gasteiger partial charge in [0.15, 0.2) is 0 Å². The van der Waals surface area contributed by atoms with Crippen molar-refractivity contribution in [1.29, 1.82) is 5.41 Å². The number of likely N-dealkylation sites (tertiary alicyclic amines) is 1. The molecule has 3 amide bonds. The van der Waals surface area contributed by atoms with Crippen LogP contribution in [0.4, 0.5) is 4.79 Å². The van der Waals surface area contributed by atoms with Gasteiger partial charge in [-0.05, 0) is 49.9 Å². The lowest BCUT2D eigenvalue weighted by Crippen LogP contribution is -2.54. The van der Waals surface area contributed by atoms with Crippen LogP contribution in [0, 0.1) is 5.41 Å². The molecule has 1 aliphatic heterocycles. The average Bonchev–Trinajstić information content (AvgIpc) is 2.87. The van der Waals surface area contributed by atoms with E-state index in [1.54, 1.807) is 31.2 Å². The van der Waals surface area contributed by atoms with Crippen LogP contribution in [0.3, 0.4) is 0 Å². The molecule has 0 aromatic heterocycles. The van der Waals surface area contributed by atoms with Crippen molar-refractivity contribution in [3.63, 3.8) is 0 Å². The highest BCUT2D eigenvalue weighted by Crippen LogP contribution is 2.31. The van der Waals surface area contributed by atoms with Crippen molar-refractivity contribution in [1.82, 2.24) is 20.9 Å². The Labute approximate surface area is 205 Å². The molecule has 35 heavy (non-hydrogen) atoms. The number of carboxylic acid groups (broad SMARTS) is 1. The molecule has 0 saturated carbocycles. The fourth-order valence-electron chi connectivity index (χ4n) is 4.38. The zero-order valence-electron chi connectivity index (χ0n) is 20.1. The van der Waals surface area contributed by atoms with Crippen molar-refractivity contribution < 1.29 is 19.5 Å². The third-order valence-corrected chi connectivity index (χ3v) is 6.39. The number of hydrogen-bond donors (Lipinski definition) is 5. The van der Waals surface area contributed by atoms with Gasteiger partial charge in [0.2, 0.25) is 11.8 Å². The van der Waals surface area contributed by atoms with Gasteiger partial charge in [0.05, 0.1) is 6.04 Å². The van der Waals surface area contributed by atoms with Crippen molar-refractivity contribution in [2.75, 3.05) is 13.1 Å². The molecule has 3 atom stereocenters. The summed E-state index contributed by atoms with van der Waals surface area (Å²) >= 11 is 0. The van der Waals surface area contributed by atoms with E-state index in [-0.39, 0.29) is 30.2 Å². The topological polar surface area (TPSA) is 135 Å². The van der Waals surface area contributed by atoms with Crippen molar-refractivity contribution in [3.8, 4) is 0 Å². The van der Waals surface area contributed by atoms with Gasteiger partial charge >= 0.3 is 6.09 Å². The van der Waals surface area contributed by atoms with Crippen LogP contribution < -0.4 is 16.0 Å². The Balaban J connectivity index is 1.52. The number of amides is 3. The van der Waals surface area contributed by atoms with Gasteiger partial charge in [-0.3, -0.25) is 25.2 Å². The van der Waals surface area contributed by atoms with E-state index >= 15 is 0 Å². The van der Waals surface area contributed by atoms with Crippen LogP contribution in [0.15, 0.2) is 54.6 Å². The minimum Gasteiger partial charge on any atom is -0.465 e. The Morgan fingerprint density at radius 2 is 1.80 bits per heavy atom. The molecule has 3 rings (SSSR count). The predicted molar refractivity (Wildman–Crippen MR) is 133 cm³/mol. The van der Waals surface area contributed by atoms with E-state index in [0.29, 0.717) is 11.5 Å². The van der Waals surface area contributed by atoms with E-state index in [9.17, 15) is 14.4 Å². The molecular formula is C26H33N5O4. The fraction of sp³-hybridized carbons (Fsp3) is 0.385. The number of nitrogens with one attached hydrogen (secondary N) is 4. The van der Waals surface area contributed by atoms with Crippen LogP contribution in [-0.2, 0) is 16.1 Å². The third-order valence-electron chi connectivity index (χ3n) is 6.39. The van der Waals surface area contributed by atoms with Gasteiger partial charge < -0.3 is 15.7 Å². The van der Waals surface area contributed by atoms with E-state index in [1.165, 1.54) is 5.56 Å². The number of likely N-dealkylation sites (N-methyl/N-ethyl adjacent to an activating group) is 1. The van der Waals surface area contributed by atoms with Gasteiger partial charge in [-0.25, -0.2) is 4.79 Å². The molecule has 2 aromatic carbocycles. The number of nitrogens with zero attached hydrogens (tertiary/aromatic N) is 1. The number of piperidine rings is 1. The monoisotopic (exact) mass is 479 g/mol. The number of amidine groups is 1. The molecule has 0 spiro atoms. The first-order valence-corrected chi connectivity index (χ1v) is 11.8. The second-order valence-electron chi connectivity index (χ2n) is 8.73. The van der Waals surface area contributed by atoms with Gasteiger partial charge in [-0.15, -0.1) is 0 Å². The molecule has 9 heteroatoms. The molecule has 9 nitrogen and oxygen atoms in total. The highest BCUT2D eigenvalue weighted by Gasteiger charge is 2.34. The fourth-order valence-corrected chi connectivity index (χ4v) is 4.38. The largest absolute Gasteiger partial charge is 0.465 e. The first-order chi connectivity index (χ1) is 16.8. The molecule has 1 fully saturated rings. The molecule has 1 unspecified atom stereocenters. The second kappa shape index (κ2) is 12.1. The van der Waals surface area contributed by atoms with E-state index in [4.69, 9.17) is 10.5 Å². The Morgan fingerprint density at radius 1 is 1.11 bits per heavy atom. The Morgan fingerprint density at radius 3 is 2.43 bits per heavy atom. The van der Waals surface area contributed by atoms with E-state index in [1.807, 2.05) is 30.4 Å². The van der Waals surface area contributed by atoms with Crippen LogP contribution in [0.25, 0.3) is 0 Å². The zero-order chi connectivity index (χ0) is 25.4. The summed E-state index contributed by atoms with van der Waals surface area (Å²) in [5.74, 6) is -0.332. The minimum atomic E-state index is -1.30. The normalized spacial score (nSPS) is 18.8. The maximum absolute atomic E-state index is 13.1. The molecule has 186 valence electrons. The van der Waals surface area contributed by atoms with Gasteiger partial charge in [-0.1, -0.05) is 61.5 Å². The smallest absolute Gasteiger partial charge is 0.410 e. The minimum absolute atomic E-state index is 0.135. The van der Waals surface area contributed by atoms with Crippen molar-refractivity contribution in [2.24, 2.45) is 0 Å². The van der Waals surface area contributed by atoms with Gasteiger partial charge in [0.25, 0.3) is 0 Å². The van der Waals surface area contributed by atoms with E-state index in [2.05, 4.69) is 27.7 Å². The quantitative estimate of drug-likeness (QED) is 0.293. The molecule has 0 radical (unpaired) electrons. The second-order valence-corrected chi connectivity index (χ2v) is 8.73. The summed E-state index contributed by atoms with van der Waals surface area (Å²) in [5.41, 5.74) is 2.45. The summed E-state index contributed by atoms with van der Waals surface area (Å²) in [5, 5.41) is 24.1. The Bertz CT molecular complexity index is 1040.